The highest BCUT2D eigenvalue weighted by Crippen LogP contribution is 2.27. The number of halogens is 1. The SMILES string of the molecule is COc1ncccc1C(=O)Nc1ccc(O)cc1Cl. The zero-order valence-corrected chi connectivity index (χ0v) is 10.8. The van der Waals surface area contributed by atoms with Crippen LogP contribution < -0.4 is 10.1 Å². The molecule has 0 fully saturated rings. The van der Waals surface area contributed by atoms with Crippen LogP contribution in [-0.2, 0) is 0 Å². The van der Waals surface area contributed by atoms with Gasteiger partial charge >= 0.3 is 0 Å². The number of phenolic OH excluding ortho intramolecular Hbond substituents is 1. The van der Waals surface area contributed by atoms with Gasteiger partial charge in [0.05, 0.1) is 17.8 Å². The van der Waals surface area contributed by atoms with E-state index < -0.39 is 5.91 Å². The van der Waals surface area contributed by atoms with E-state index in [1.807, 2.05) is 0 Å². The monoisotopic (exact) mass is 278 g/mol. The van der Waals surface area contributed by atoms with Crippen LogP contribution in [0.25, 0.3) is 0 Å². The number of amides is 1. The lowest BCUT2D eigenvalue weighted by Crippen LogP contribution is -2.14. The van der Waals surface area contributed by atoms with Crippen molar-refractivity contribution >= 4 is 23.2 Å². The van der Waals surface area contributed by atoms with Gasteiger partial charge in [-0.25, -0.2) is 4.98 Å². The molecule has 0 spiro atoms. The molecular formula is C13H11ClN2O3. The third-order valence-electron chi connectivity index (χ3n) is 2.41. The molecule has 1 aromatic carbocycles. The summed E-state index contributed by atoms with van der Waals surface area (Å²) in [7, 11) is 1.44. The molecule has 2 rings (SSSR count). The molecule has 0 aliphatic heterocycles. The lowest BCUT2D eigenvalue weighted by Gasteiger charge is -2.09. The third-order valence-corrected chi connectivity index (χ3v) is 2.72. The van der Waals surface area contributed by atoms with Crippen molar-refractivity contribution in [3.05, 3.63) is 47.1 Å². The lowest BCUT2D eigenvalue weighted by atomic mass is 10.2. The van der Waals surface area contributed by atoms with E-state index in [2.05, 4.69) is 10.3 Å². The third kappa shape index (κ3) is 2.95. The molecule has 0 unspecified atom stereocenters. The largest absolute Gasteiger partial charge is 0.508 e. The second kappa shape index (κ2) is 5.58. The van der Waals surface area contributed by atoms with Gasteiger partial charge in [0.1, 0.15) is 11.3 Å². The fourth-order valence-corrected chi connectivity index (χ4v) is 1.74. The minimum Gasteiger partial charge on any atom is -0.508 e. The molecule has 0 radical (unpaired) electrons. The predicted octanol–water partition coefficient (Wildman–Crippen LogP) is 2.70. The Morgan fingerprint density at radius 2 is 2.21 bits per heavy atom. The Hall–Kier alpha value is -2.27. The molecule has 19 heavy (non-hydrogen) atoms. The van der Waals surface area contributed by atoms with E-state index in [0.29, 0.717) is 11.3 Å². The quantitative estimate of drug-likeness (QED) is 0.847. The standard InChI is InChI=1S/C13H11ClN2O3/c1-19-13-9(3-2-6-15-13)12(18)16-11-5-4-8(17)7-10(11)14/h2-7,17H,1H3,(H,16,18). The van der Waals surface area contributed by atoms with Crippen LogP contribution >= 0.6 is 11.6 Å². The zero-order valence-electron chi connectivity index (χ0n) is 10.1. The highest BCUT2D eigenvalue weighted by atomic mass is 35.5. The van der Waals surface area contributed by atoms with Crippen molar-refractivity contribution in [3.8, 4) is 11.6 Å². The Morgan fingerprint density at radius 1 is 1.42 bits per heavy atom. The first kappa shape index (κ1) is 13.2. The summed E-state index contributed by atoms with van der Waals surface area (Å²) < 4.78 is 5.01. The maximum Gasteiger partial charge on any atom is 0.261 e. The van der Waals surface area contributed by atoms with E-state index in [1.165, 1.54) is 31.5 Å². The van der Waals surface area contributed by atoms with Crippen LogP contribution in [0.3, 0.4) is 0 Å². The fourth-order valence-electron chi connectivity index (χ4n) is 1.52. The van der Waals surface area contributed by atoms with Gasteiger partial charge in [-0.15, -0.1) is 0 Å². The van der Waals surface area contributed by atoms with E-state index in [9.17, 15) is 9.90 Å². The fraction of sp³-hybridized carbons (Fsp3) is 0.0769. The van der Waals surface area contributed by atoms with Crippen molar-refractivity contribution in [3.63, 3.8) is 0 Å². The number of benzene rings is 1. The number of aromatic hydroxyl groups is 1. The van der Waals surface area contributed by atoms with Gasteiger partial charge in [0.15, 0.2) is 0 Å². The zero-order chi connectivity index (χ0) is 13.8. The highest BCUT2D eigenvalue weighted by Gasteiger charge is 2.14. The maximum atomic E-state index is 12.1. The Labute approximate surface area is 114 Å². The number of carbonyl (C=O) groups is 1. The molecule has 0 saturated heterocycles. The molecule has 6 heteroatoms. The molecule has 98 valence electrons. The summed E-state index contributed by atoms with van der Waals surface area (Å²) in [5.74, 6) is -0.130. The van der Waals surface area contributed by atoms with Crippen LogP contribution in [0.1, 0.15) is 10.4 Å². The number of phenols is 1. The molecule has 0 bridgehead atoms. The first-order valence-corrected chi connectivity index (χ1v) is 5.78. The molecule has 2 N–H and O–H groups in total. The van der Waals surface area contributed by atoms with E-state index >= 15 is 0 Å². The number of rotatable bonds is 3. The molecule has 1 aromatic heterocycles. The Bertz CT molecular complexity index is 617. The van der Waals surface area contributed by atoms with Crippen molar-refractivity contribution < 1.29 is 14.6 Å². The van der Waals surface area contributed by atoms with Gasteiger partial charge in [-0.3, -0.25) is 4.79 Å². The van der Waals surface area contributed by atoms with Gasteiger partial charge < -0.3 is 15.2 Å². The first-order valence-electron chi connectivity index (χ1n) is 5.40. The first-order chi connectivity index (χ1) is 9.11. The molecule has 2 aromatic rings. The van der Waals surface area contributed by atoms with Gasteiger partial charge in [0.25, 0.3) is 5.91 Å². The Kier molecular flexibility index (Phi) is 3.87. The van der Waals surface area contributed by atoms with Crippen LogP contribution in [0, 0.1) is 0 Å². The van der Waals surface area contributed by atoms with Gasteiger partial charge in [-0.1, -0.05) is 11.6 Å². The average molecular weight is 279 g/mol. The predicted molar refractivity (Wildman–Crippen MR) is 71.9 cm³/mol. The summed E-state index contributed by atoms with van der Waals surface area (Å²) >= 11 is 5.91. The number of aromatic nitrogens is 1. The Balaban J connectivity index is 2.26. The lowest BCUT2D eigenvalue weighted by molar-refractivity contribution is 0.102. The summed E-state index contributed by atoms with van der Waals surface area (Å²) in [5.41, 5.74) is 0.699. The van der Waals surface area contributed by atoms with E-state index in [-0.39, 0.29) is 16.7 Å². The van der Waals surface area contributed by atoms with Crippen molar-refractivity contribution in [2.24, 2.45) is 0 Å². The minimum absolute atomic E-state index is 0.0296. The highest BCUT2D eigenvalue weighted by molar-refractivity contribution is 6.34. The molecule has 1 amide bonds. The number of ether oxygens (including phenoxy) is 1. The van der Waals surface area contributed by atoms with Gasteiger partial charge in [0, 0.05) is 12.3 Å². The maximum absolute atomic E-state index is 12.1. The van der Waals surface area contributed by atoms with Crippen LogP contribution in [-0.4, -0.2) is 23.1 Å². The topological polar surface area (TPSA) is 71.5 Å². The van der Waals surface area contributed by atoms with Crippen LogP contribution in [0.15, 0.2) is 36.5 Å². The van der Waals surface area contributed by atoms with Crippen LogP contribution in [0.5, 0.6) is 11.6 Å². The minimum atomic E-state index is -0.391. The van der Waals surface area contributed by atoms with Crippen molar-refractivity contribution in [1.82, 2.24) is 4.98 Å². The number of pyridine rings is 1. The van der Waals surface area contributed by atoms with E-state index in [1.54, 1.807) is 12.1 Å². The van der Waals surface area contributed by atoms with Gasteiger partial charge in [-0.05, 0) is 24.3 Å². The molecule has 0 saturated carbocycles. The second-order valence-electron chi connectivity index (χ2n) is 3.68. The summed E-state index contributed by atoms with van der Waals surface area (Å²) in [5, 5.41) is 12.1. The number of nitrogens with zero attached hydrogens (tertiary/aromatic N) is 1. The second-order valence-corrected chi connectivity index (χ2v) is 4.09. The number of nitrogens with one attached hydrogen (secondary N) is 1. The van der Waals surface area contributed by atoms with Crippen LogP contribution in [0.4, 0.5) is 5.69 Å². The normalized spacial score (nSPS) is 10.0. The molecule has 0 aliphatic rings. The molecule has 0 aliphatic carbocycles. The summed E-state index contributed by atoms with van der Waals surface area (Å²) in [4.78, 5) is 16.0. The van der Waals surface area contributed by atoms with Crippen molar-refractivity contribution in [2.45, 2.75) is 0 Å². The average Bonchev–Trinajstić information content (AvgIpc) is 2.41. The molecule has 5 nitrogen and oxygen atoms in total. The molecule has 0 atom stereocenters. The van der Waals surface area contributed by atoms with Crippen molar-refractivity contribution in [2.75, 3.05) is 12.4 Å². The number of anilines is 1. The number of carbonyl (C=O) groups excluding carboxylic acids is 1. The Morgan fingerprint density at radius 3 is 2.89 bits per heavy atom. The summed E-state index contributed by atoms with van der Waals surface area (Å²) in [6.45, 7) is 0. The van der Waals surface area contributed by atoms with E-state index in [0.717, 1.165) is 0 Å². The number of hydrogen-bond acceptors (Lipinski definition) is 4. The molecular weight excluding hydrogens is 268 g/mol. The van der Waals surface area contributed by atoms with Gasteiger partial charge in [-0.2, -0.15) is 0 Å². The van der Waals surface area contributed by atoms with Crippen LogP contribution in [0.2, 0.25) is 5.02 Å². The smallest absolute Gasteiger partial charge is 0.261 e. The number of methoxy groups -OCH3 is 1. The molecule has 1 heterocycles. The van der Waals surface area contributed by atoms with Crippen molar-refractivity contribution in [1.29, 1.82) is 0 Å². The summed E-state index contributed by atoms with van der Waals surface area (Å²) in [6, 6.07) is 7.52. The number of hydrogen-bond donors (Lipinski definition) is 2. The summed E-state index contributed by atoms with van der Waals surface area (Å²) in [6.07, 6.45) is 1.53. The van der Waals surface area contributed by atoms with E-state index in [4.69, 9.17) is 16.3 Å². The van der Waals surface area contributed by atoms with Gasteiger partial charge in [0.2, 0.25) is 5.88 Å².